The summed E-state index contributed by atoms with van der Waals surface area (Å²) in [6, 6.07) is 6.82. The van der Waals surface area contributed by atoms with E-state index in [-0.39, 0.29) is 12.3 Å². The van der Waals surface area contributed by atoms with E-state index in [0.29, 0.717) is 38.4 Å². The molecule has 0 fully saturated rings. The van der Waals surface area contributed by atoms with E-state index in [4.69, 9.17) is 4.42 Å². The molecule has 0 aliphatic carbocycles. The third-order valence-corrected chi connectivity index (χ3v) is 5.04. The van der Waals surface area contributed by atoms with Crippen LogP contribution in [0.2, 0.25) is 0 Å². The van der Waals surface area contributed by atoms with Crippen LogP contribution in [0.3, 0.4) is 0 Å². The molecule has 0 saturated carbocycles. The standard InChI is InChI=1S/C19H17F3N2O2S/c1-10-7-15(12(3)26-10)17(25)24-18-11(2)23-16(27-18)9-13-5-4-6-14(8-13)19(20,21)22/h4-8H,9H2,1-3H3,(H,24,25). The Kier molecular flexibility index (Phi) is 5.10. The summed E-state index contributed by atoms with van der Waals surface area (Å²) in [5.41, 5.74) is 0.887. The minimum atomic E-state index is -4.38. The van der Waals surface area contributed by atoms with E-state index in [2.05, 4.69) is 10.3 Å². The highest BCUT2D eigenvalue weighted by molar-refractivity contribution is 7.16. The van der Waals surface area contributed by atoms with Crippen molar-refractivity contribution in [3.8, 4) is 0 Å². The zero-order valence-electron chi connectivity index (χ0n) is 14.9. The van der Waals surface area contributed by atoms with E-state index >= 15 is 0 Å². The number of nitrogens with one attached hydrogen (secondary N) is 1. The van der Waals surface area contributed by atoms with Crippen molar-refractivity contribution >= 4 is 22.2 Å². The van der Waals surface area contributed by atoms with Crippen LogP contribution < -0.4 is 5.32 Å². The minimum Gasteiger partial charge on any atom is -0.466 e. The molecule has 1 N–H and O–H groups in total. The Bertz CT molecular complexity index is 989. The number of thiazole rings is 1. The fourth-order valence-electron chi connectivity index (χ4n) is 2.70. The Morgan fingerprint density at radius 1 is 1.22 bits per heavy atom. The van der Waals surface area contributed by atoms with Crippen molar-refractivity contribution in [2.24, 2.45) is 0 Å². The smallest absolute Gasteiger partial charge is 0.416 e. The number of furan rings is 1. The molecule has 0 spiro atoms. The lowest BCUT2D eigenvalue weighted by atomic mass is 10.1. The molecule has 2 heterocycles. The monoisotopic (exact) mass is 394 g/mol. The molecule has 4 nitrogen and oxygen atoms in total. The summed E-state index contributed by atoms with van der Waals surface area (Å²) in [5, 5.41) is 4.00. The largest absolute Gasteiger partial charge is 0.466 e. The summed E-state index contributed by atoms with van der Waals surface area (Å²) in [6.45, 7) is 5.21. The van der Waals surface area contributed by atoms with Gasteiger partial charge in [0.15, 0.2) is 0 Å². The van der Waals surface area contributed by atoms with Gasteiger partial charge in [0.2, 0.25) is 0 Å². The summed E-state index contributed by atoms with van der Waals surface area (Å²) in [5.74, 6) is 0.863. The lowest BCUT2D eigenvalue weighted by Crippen LogP contribution is -2.11. The van der Waals surface area contributed by atoms with Gasteiger partial charge in [-0.05, 0) is 38.5 Å². The number of rotatable bonds is 4. The maximum atomic E-state index is 12.8. The molecule has 1 aromatic carbocycles. The zero-order valence-corrected chi connectivity index (χ0v) is 15.7. The molecule has 0 saturated heterocycles. The SMILES string of the molecule is Cc1cc(C(=O)Nc2sc(Cc3cccc(C(F)(F)F)c3)nc2C)c(C)o1. The number of benzene rings is 1. The highest BCUT2D eigenvalue weighted by Crippen LogP contribution is 2.31. The van der Waals surface area contributed by atoms with Gasteiger partial charge in [-0.3, -0.25) is 4.79 Å². The fraction of sp³-hybridized carbons (Fsp3) is 0.263. The number of alkyl halides is 3. The molecule has 8 heteroatoms. The molecule has 0 aliphatic rings. The summed E-state index contributed by atoms with van der Waals surface area (Å²) < 4.78 is 43.9. The van der Waals surface area contributed by atoms with Crippen molar-refractivity contribution in [2.75, 3.05) is 5.32 Å². The third kappa shape index (κ3) is 4.39. The average molecular weight is 394 g/mol. The molecule has 0 radical (unpaired) electrons. The summed E-state index contributed by atoms with van der Waals surface area (Å²) in [4.78, 5) is 16.8. The molecule has 1 amide bonds. The van der Waals surface area contributed by atoms with Gasteiger partial charge in [-0.1, -0.05) is 18.2 Å². The normalized spacial score (nSPS) is 11.6. The molecule has 2 aromatic heterocycles. The van der Waals surface area contributed by atoms with Gasteiger partial charge in [0.25, 0.3) is 5.91 Å². The lowest BCUT2D eigenvalue weighted by Gasteiger charge is -2.07. The maximum Gasteiger partial charge on any atom is 0.416 e. The molecule has 3 rings (SSSR count). The van der Waals surface area contributed by atoms with Crippen molar-refractivity contribution in [3.63, 3.8) is 0 Å². The second kappa shape index (κ2) is 7.19. The van der Waals surface area contributed by atoms with Gasteiger partial charge in [0.05, 0.1) is 21.8 Å². The van der Waals surface area contributed by atoms with Crippen LogP contribution >= 0.6 is 11.3 Å². The van der Waals surface area contributed by atoms with E-state index in [1.807, 2.05) is 0 Å². The second-order valence-electron chi connectivity index (χ2n) is 6.18. The van der Waals surface area contributed by atoms with Crippen LogP contribution in [-0.4, -0.2) is 10.9 Å². The number of carbonyl (C=O) groups is 1. The van der Waals surface area contributed by atoms with Crippen LogP contribution in [0.1, 0.15) is 43.7 Å². The van der Waals surface area contributed by atoms with Crippen LogP contribution in [0.5, 0.6) is 0 Å². The van der Waals surface area contributed by atoms with Crippen molar-refractivity contribution < 1.29 is 22.4 Å². The van der Waals surface area contributed by atoms with Gasteiger partial charge in [-0.2, -0.15) is 13.2 Å². The Morgan fingerprint density at radius 2 is 1.96 bits per heavy atom. The topological polar surface area (TPSA) is 55.1 Å². The van der Waals surface area contributed by atoms with Crippen LogP contribution in [0.15, 0.2) is 34.7 Å². The first-order valence-corrected chi connectivity index (χ1v) is 8.96. The van der Waals surface area contributed by atoms with E-state index in [1.165, 1.54) is 17.4 Å². The number of amides is 1. The van der Waals surface area contributed by atoms with Gasteiger partial charge in [-0.25, -0.2) is 4.98 Å². The van der Waals surface area contributed by atoms with E-state index in [1.54, 1.807) is 32.9 Å². The first-order valence-electron chi connectivity index (χ1n) is 8.14. The van der Waals surface area contributed by atoms with E-state index in [0.717, 1.165) is 12.1 Å². The molecular formula is C19H17F3N2O2S. The van der Waals surface area contributed by atoms with Crippen LogP contribution in [0, 0.1) is 20.8 Å². The molecule has 3 aromatic rings. The predicted octanol–water partition coefficient (Wildman–Crippen LogP) is 5.52. The summed E-state index contributed by atoms with van der Waals surface area (Å²) >= 11 is 1.25. The maximum absolute atomic E-state index is 12.8. The second-order valence-corrected chi connectivity index (χ2v) is 7.26. The molecule has 0 atom stereocenters. The van der Waals surface area contributed by atoms with Crippen LogP contribution in [-0.2, 0) is 12.6 Å². The quantitative estimate of drug-likeness (QED) is 0.634. The van der Waals surface area contributed by atoms with Gasteiger partial charge >= 0.3 is 6.18 Å². The molecule has 0 unspecified atom stereocenters. The Balaban J connectivity index is 1.77. The summed E-state index contributed by atoms with van der Waals surface area (Å²) in [7, 11) is 0. The number of hydrogen-bond acceptors (Lipinski definition) is 4. The zero-order chi connectivity index (χ0) is 19.8. The third-order valence-electron chi connectivity index (χ3n) is 3.96. The Labute approximate surface area is 158 Å². The average Bonchev–Trinajstić information content (AvgIpc) is 3.08. The number of carbonyl (C=O) groups excluding carboxylic acids is 1. The van der Waals surface area contributed by atoms with Crippen molar-refractivity contribution in [1.29, 1.82) is 0 Å². The number of halogens is 3. The number of hydrogen-bond donors (Lipinski definition) is 1. The first kappa shape index (κ1) is 19.2. The number of nitrogens with zero attached hydrogens (tertiary/aromatic N) is 1. The molecular weight excluding hydrogens is 377 g/mol. The molecule has 0 aliphatic heterocycles. The predicted molar refractivity (Wildman–Crippen MR) is 97.2 cm³/mol. The van der Waals surface area contributed by atoms with Crippen molar-refractivity contribution in [3.05, 3.63) is 69.2 Å². The minimum absolute atomic E-state index is 0.259. The van der Waals surface area contributed by atoms with E-state index < -0.39 is 11.7 Å². The molecule has 142 valence electrons. The summed E-state index contributed by atoms with van der Waals surface area (Å²) in [6.07, 6.45) is -4.12. The van der Waals surface area contributed by atoms with Gasteiger partial charge in [-0.15, -0.1) is 11.3 Å². The fourth-order valence-corrected chi connectivity index (χ4v) is 3.70. The van der Waals surface area contributed by atoms with Crippen molar-refractivity contribution in [2.45, 2.75) is 33.4 Å². The molecule has 27 heavy (non-hydrogen) atoms. The number of aryl methyl sites for hydroxylation is 3. The number of aromatic nitrogens is 1. The van der Waals surface area contributed by atoms with Crippen LogP contribution in [0.25, 0.3) is 0 Å². The lowest BCUT2D eigenvalue weighted by molar-refractivity contribution is -0.137. The first-order chi connectivity index (χ1) is 12.6. The number of anilines is 1. The van der Waals surface area contributed by atoms with Gasteiger partial charge < -0.3 is 9.73 Å². The van der Waals surface area contributed by atoms with Gasteiger partial charge in [0.1, 0.15) is 16.5 Å². The highest BCUT2D eigenvalue weighted by atomic mass is 32.1. The molecule has 0 bridgehead atoms. The van der Waals surface area contributed by atoms with Crippen molar-refractivity contribution in [1.82, 2.24) is 4.98 Å². The van der Waals surface area contributed by atoms with Crippen LogP contribution in [0.4, 0.5) is 18.2 Å². The Hall–Kier alpha value is -2.61. The highest BCUT2D eigenvalue weighted by Gasteiger charge is 2.30. The van der Waals surface area contributed by atoms with Gasteiger partial charge in [0, 0.05) is 6.42 Å². The van der Waals surface area contributed by atoms with E-state index in [9.17, 15) is 18.0 Å². The Morgan fingerprint density at radius 3 is 2.59 bits per heavy atom.